The maximum Gasteiger partial charge on any atom is 0.344 e. The Morgan fingerprint density at radius 2 is 1.86 bits per heavy atom. The molecule has 7 heteroatoms. The van der Waals surface area contributed by atoms with Gasteiger partial charge in [-0.15, -0.1) is 0 Å². The Labute approximate surface area is 166 Å². The Balaban J connectivity index is 1.45. The van der Waals surface area contributed by atoms with E-state index in [1.54, 1.807) is 19.1 Å². The fourth-order valence-corrected chi connectivity index (χ4v) is 3.23. The number of benzene rings is 2. The Morgan fingerprint density at radius 3 is 2.66 bits per heavy atom. The Morgan fingerprint density at radius 1 is 1.10 bits per heavy atom. The summed E-state index contributed by atoms with van der Waals surface area (Å²) in [6.07, 6.45) is 0. The standard InChI is InChI=1S/C22H20N2O5/c1-12(2)21-20(13(3)24-29-21)22(26)27-11-19(25)23-14-8-9-18-16(10-14)15-6-4-5-7-17(15)28-18/h4-10,12H,11H2,1-3H3,(H,23,25). The number of fused-ring (bicyclic) bond motifs is 3. The predicted octanol–water partition coefficient (Wildman–Crippen LogP) is 4.80. The zero-order chi connectivity index (χ0) is 20.5. The van der Waals surface area contributed by atoms with Gasteiger partial charge in [0, 0.05) is 22.4 Å². The molecule has 148 valence electrons. The minimum Gasteiger partial charge on any atom is -0.456 e. The van der Waals surface area contributed by atoms with Crippen molar-refractivity contribution in [2.45, 2.75) is 26.7 Å². The highest BCUT2D eigenvalue weighted by molar-refractivity contribution is 6.07. The molecule has 0 saturated carbocycles. The van der Waals surface area contributed by atoms with Gasteiger partial charge >= 0.3 is 5.97 Å². The first-order valence-corrected chi connectivity index (χ1v) is 9.28. The molecular weight excluding hydrogens is 372 g/mol. The fraction of sp³-hybridized carbons (Fsp3) is 0.227. The van der Waals surface area contributed by atoms with E-state index in [1.807, 2.05) is 44.2 Å². The molecule has 0 radical (unpaired) electrons. The van der Waals surface area contributed by atoms with Crippen molar-refractivity contribution in [2.24, 2.45) is 0 Å². The van der Waals surface area contributed by atoms with Crippen molar-refractivity contribution >= 4 is 39.5 Å². The highest BCUT2D eigenvalue weighted by atomic mass is 16.5. The maximum atomic E-state index is 12.4. The van der Waals surface area contributed by atoms with Crippen molar-refractivity contribution in [1.82, 2.24) is 5.16 Å². The van der Waals surface area contributed by atoms with Gasteiger partial charge in [-0.2, -0.15) is 0 Å². The number of esters is 1. The number of furan rings is 1. The summed E-state index contributed by atoms with van der Waals surface area (Å²) < 4.78 is 16.1. The van der Waals surface area contributed by atoms with Crippen molar-refractivity contribution in [2.75, 3.05) is 11.9 Å². The highest BCUT2D eigenvalue weighted by Crippen LogP contribution is 2.30. The first-order valence-electron chi connectivity index (χ1n) is 9.28. The third-order valence-electron chi connectivity index (χ3n) is 4.61. The average Bonchev–Trinajstić information content (AvgIpc) is 3.26. The third-order valence-corrected chi connectivity index (χ3v) is 4.61. The summed E-state index contributed by atoms with van der Waals surface area (Å²) in [6, 6.07) is 13.1. The second-order valence-electron chi connectivity index (χ2n) is 7.10. The van der Waals surface area contributed by atoms with Crippen LogP contribution in [-0.2, 0) is 9.53 Å². The van der Waals surface area contributed by atoms with E-state index in [0.717, 1.165) is 21.9 Å². The lowest BCUT2D eigenvalue weighted by Gasteiger charge is -2.08. The summed E-state index contributed by atoms with van der Waals surface area (Å²) in [5.41, 5.74) is 2.83. The van der Waals surface area contributed by atoms with E-state index in [1.165, 1.54) is 0 Å². The zero-order valence-electron chi connectivity index (χ0n) is 16.3. The molecule has 0 bridgehead atoms. The van der Waals surface area contributed by atoms with Crippen LogP contribution in [0.15, 0.2) is 51.4 Å². The fourth-order valence-electron chi connectivity index (χ4n) is 3.23. The molecule has 0 aliphatic rings. The van der Waals surface area contributed by atoms with Gasteiger partial charge in [0.15, 0.2) is 12.4 Å². The van der Waals surface area contributed by atoms with E-state index in [0.29, 0.717) is 17.1 Å². The van der Waals surface area contributed by atoms with E-state index >= 15 is 0 Å². The van der Waals surface area contributed by atoms with Gasteiger partial charge in [0.05, 0.1) is 5.69 Å². The molecule has 4 aromatic rings. The van der Waals surface area contributed by atoms with Gasteiger partial charge in [-0.1, -0.05) is 37.2 Å². The molecular formula is C22H20N2O5. The van der Waals surface area contributed by atoms with Crippen LogP contribution in [0.3, 0.4) is 0 Å². The summed E-state index contributed by atoms with van der Waals surface area (Å²) >= 11 is 0. The van der Waals surface area contributed by atoms with Crippen LogP contribution in [0.4, 0.5) is 5.69 Å². The molecule has 2 aromatic heterocycles. The number of ether oxygens (including phenoxy) is 1. The molecule has 1 amide bonds. The Bertz CT molecular complexity index is 1220. The Hall–Kier alpha value is -3.61. The van der Waals surface area contributed by atoms with Gasteiger partial charge in [0.2, 0.25) is 0 Å². The summed E-state index contributed by atoms with van der Waals surface area (Å²) in [6.45, 7) is 5.03. The lowest BCUT2D eigenvalue weighted by Crippen LogP contribution is -2.21. The normalized spacial score (nSPS) is 11.3. The number of amides is 1. The number of nitrogens with one attached hydrogen (secondary N) is 1. The smallest absolute Gasteiger partial charge is 0.344 e. The monoisotopic (exact) mass is 392 g/mol. The zero-order valence-corrected chi connectivity index (χ0v) is 16.3. The van der Waals surface area contributed by atoms with Crippen LogP contribution in [0.2, 0.25) is 0 Å². The summed E-state index contributed by atoms with van der Waals surface area (Å²) in [5, 5.41) is 8.43. The number of aromatic nitrogens is 1. The van der Waals surface area contributed by atoms with Gasteiger partial charge < -0.3 is 19.0 Å². The lowest BCUT2D eigenvalue weighted by molar-refractivity contribution is -0.119. The SMILES string of the molecule is Cc1noc(C(C)C)c1C(=O)OCC(=O)Nc1ccc2oc3ccccc3c2c1. The number of anilines is 1. The maximum absolute atomic E-state index is 12.4. The van der Waals surface area contributed by atoms with Crippen LogP contribution in [0.1, 0.15) is 41.6 Å². The van der Waals surface area contributed by atoms with Crippen LogP contribution in [0, 0.1) is 6.92 Å². The number of aryl methyl sites for hydroxylation is 1. The third kappa shape index (κ3) is 3.59. The second kappa shape index (κ2) is 7.43. The van der Waals surface area contributed by atoms with Crippen LogP contribution in [0.5, 0.6) is 0 Å². The molecule has 4 rings (SSSR count). The average molecular weight is 392 g/mol. The van der Waals surface area contributed by atoms with E-state index in [-0.39, 0.29) is 11.5 Å². The highest BCUT2D eigenvalue weighted by Gasteiger charge is 2.24. The Kier molecular flexibility index (Phi) is 4.80. The van der Waals surface area contributed by atoms with Crippen LogP contribution in [0.25, 0.3) is 21.9 Å². The molecule has 0 unspecified atom stereocenters. The van der Waals surface area contributed by atoms with Gasteiger partial charge in [-0.05, 0) is 31.2 Å². The molecule has 29 heavy (non-hydrogen) atoms. The number of carbonyl (C=O) groups excluding carboxylic acids is 2. The topological polar surface area (TPSA) is 94.6 Å². The first-order chi connectivity index (χ1) is 13.9. The van der Waals surface area contributed by atoms with Crippen molar-refractivity contribution in [1.29, 1.82) is 0 Å². The molecule has 2 aromatic carbocycles. The van der Waals surface area contributed by atoms with Gasteiger partial charge in [0.25, 0.3) is 5.91 Å². The molecule has 0 saturated heterocycles. The second-order valence-corrected chi connectivity index (χ2v) is 7.10. The number of nitrogens with zero attached hydrogens (tertiary/aromatic N) is 1. The largest absolute Gasteiger partial charge is 0.456 e. The summed E-state index contributed by atoms with van der Waals surface area (Å²) in [4.78, 5) is 24.7. The summed E-state index contributed by atoms with van der Waals surface area (Å²) in [7, 11) is 0. The van der Waals surface area contributed by atoms with Crippen LogP contribution in [-0.4, -0.2) is 23.6 Å². The molecule has 1 N–H and O–H groups in total. The predicted molar refractivity (Wildman–Crippen MR) is 108 cm³/mol. The van der Waals surface area contributed by atoms with Crippen molar-refractivity contribution < 1.29 is 23.3 Å². The van der Waals surface area contributed by atoms with E-state index in [4.69, 9.17) is 13.7 Å². The quantitative estimate of drug-likeness (QED) is 0.490. The van der Waals surface area contributed by atoms with Gasteiger partial charge in [-0.3, -0.25) is 4.79 Å². The van der Waals surface area contributed by atoms with Crippen LogP contribution < -0.4 is 5.32 Å². The van der Waals surface area contributed by atoms with E-state index < -0.39 is 18.5 Å². The van der Waals surface area contributed by atoms with E-state index in [9.17, 15) is 9.59 Å². The van der Waals surface area contributed by atoms with Crippen LogP contribution >= 0.6 is 0 Å². The first kappa shape index (κ1) is 18.7. The molecule has 0 fully saturated rings. The summed E-state index contributed by atoms with van der Waals surface area (Å²) in [5.74, 6) is -0.640. The molecule has 0 aliphatic carbocycles. The lowest BCUT2D eigenvalue weighted by atomic mass is 10.1. The van der Waals surface area contributed by atoms with Crippen molar-refractivity contribution in [3.05, 3.63) is 59.5 Å². The number of rotatable bonds is 5. The van der Waals surface area contributed by atoms with Crippen molar-refractivity contribution in [3.8, 4) is 0 Å². The molecule has 7 nitrogen and oxygen atoms in total. The number of para-hydroxylation sites is 1. The molecule has 0 atom stereocenters. The van der Waals surface area contributed by atoms with Gasteiger partial charge in [-0.25, -0.2) is 4.79 Å². The molecule has 0 spiro atoms. The number of carbonyl (C=O) groups is 2. The minimum atomic E-state index is -0.626. The number of hydrogen-bond donors (Lipinski definition) is 1. The van der Waals surface area contributed by atoms with E-state index in [2.05, 4.69) is 10.5 Å². The molecule has 2 heterocycles. The van der Waals surface area contributed by atoms with Gasteiger partial charge in [0.1, 0.15) is 16.7 Å². The van der Waals surface area contributed by atoms with Crippen molar-refractivity contribution in [3.63, 3.8) is 0 Å². The minimum absolute atomic E-state index is 0.0240. The number of hydrogen-bond acceptors (Lipinski definition) is 6. The molecule has 0 aliphatic heterocycles.